The van der Waals surface area contributed by atoms with Crippen LogP contribution >= 0.6 is 46.0 Å². The molecule has 8 amide bonds. The first-order chi connectivity index (χ1) is 37.0. The highest BCUT2D eigenvalue weighted by Gasteiger charge is 2.45. The number of carbonyl (C=O) groups excluding carboxylic acids is 8. The van der Waals surface area contributed by atoms with Gasteiger partial charge in [0, 0.05) is 46.3 Å². The number of thiophene rings is 1. The van der Waals surface area contributed by atoms with Gasteiger partial charge in [-0.2, -0.15) is 0 Å². The maximum atomic E-state index is 14.4. The second kappa shape index (κ2) is 23.9. The molecule has 78 heavy (non-hydrogen) atoms. The van der Waals surface area contributed by atoms with E-state index < -0.39 is 108 Å². The van der Waals surface area contributed by atoms with Crippen molar-refractivity contribution in [2.45, 2.75) is 104 Å². The summed E-state index contributed by atoms with van der Waals surface area (Å²) in [6.45, 7) is 11.3. The number of aromatic nitrogens is 4. The van der Waals surface area contributed by atoms with E-state index in [9.17, 15) is 43.5 Å². The van der Waals surface area contributed by atoms with Gasteiger partial charge < -0.3 is 47.6 Å². The Morgan fingerprint density at radius 1 is 0.885 bits per heavy atom. The van der Waals surface area contributed by atoms with Gasteiger partial charge in [-0.1, -0.05) is 68.8 Å². The van der Waals surface area contributed by atoms with Gasteiger partial charge >= 0.3 is 0 Å². The number of nitrogens with one attached hydrogen (secondary N) is 6. The molecular formula is C52H60ClN13O9S3. The molecule has 2 aromatic carbocycles. The summed E-state index contributed by atoms with van der Waals surface area (Å²) in [5, 5.41) is 36.9. The van der Waals surface area contributed by atoms with Crippen molar-refractivity contribution in [3.63, 3.8) is 0 Å². The number of nitrogens with zero attached hydrogens (tertiary/aromatic N) is 6. The van der Waals surface area contributed by atoms with Crippen molar-refractivity contribution in [1.29, 1.82) is 0 Å². The predicted molar refractivity (Wildman–Crippen MR) is 295 cm³/mol. The van der Waals surface area contributed by atoms with Crippen LogP contribution in [0.15, 0.2) is 59.0 Å². The summed E-state index contributed by atoms with van der Waals surface area (Å²) < 4.78 is 1.87. The normalized spacial score (nSPS) is 23.0. The molecule has 2 fully saturated rings. The van der Waals surface area contributed by atoms with Crippen LogP contribution in [0.4, 0.5) is 0 Å². The molecule has 2 saturated heterocycles. The summed E-state index contributed by atoms with van der Waals surface area (Å²) in [5.74, 6) is -5.92. The lowest BCUT2D eigenvalue weighted by Crippen LogP contribution is -2.58. The van der Waals surface area contributed by atoms with E-state index >= 15 is 0 Å². The lowest BCUT2D eigenvalue weighted by atomic mass is 9.85. The molecular weight excluding hydrogens is 1080 g/mol. The summed E-state index contributed by atoms with van der Waals surface area (Å²) >= 11 is 10.2. The molecule has 26 heteroatoms. The number of amides is 8. The van der Waals surface area contributed by atoms with Gasteiger partial charge in [0.25, 0.3) is 0 Å². The minimum atomic E-state index is -1.58. The molecule has 0 bridgehead atoms. The molecule has 3 aliphatic rings. The highest BCUT2D eigenvalue weighted by atomic mass is 35.5. The van der Waals surface area contributed by atoms with Gasteiger partial charge in [-0.15, -0.1) is 44.6 Å². The van der Waals surface area contributed by atoms with Gasteiger partial charge in [0.1, 0.15) is 47.1 Å². The zero-order chi connectivity index (χ0) is 56.3. The van der Waals surface area contributed by atoms with Gasteiger partial charge in [-0.25, -0.2) is 4.98 Å². The van der Waals surface area contributed by atoms with Crippen LogP contribution in [0, 0.1) is 33.1 Å². The number of fused-ring (bicyclic) bond motifs is 4. The zero-order valence-electron chi connectivity index (χ0n) is 43.8. The van der Waals surface area contributed by atoms with E-state index in [1.807, 2.05) is 37.5 Å². The summed E-state index contributed by atoms with van der Waals surface area (Å²) in [7, 11) is 0. The Morgan fingerprint density at radius 2 is 1.59 bits per heavy atom. The Hall–Kier alpha value is -7.06. The van der Waals surface area contributed by atoms with Crippen molar-refractivity contribution < 1.29 is 43.5 Å². The minimum Gasteiger partial charge on any atom is -0.391 e. The summed E-state index contributed by atoms with van der Waals surface area (Å²) in [4.78, 5) is 124. The van der Waals surface area contributed by atoms with E-state index in [1.54, 1.807) is 69.6 Å². The molecule has 0 radical (unpaired) electrons. The first-order valence-corrected chi connectivity index (χ1v) is 28.2. The van der Waals surface area contributed by atoms with Gasteiger partial charge in [-0.3, -0.25) is 47.9 Å². The number of nitrogens with two attached hydrogens (primary N) is 1. The Balaban J connectivity index is 1.08. The Labute approximate surface area is 466 Å². The SMILES string of the molecule is Cc1ncsc1-c1ccc([C@@H]2NC(=O)[C@@H]3C[C@@H](O)CN3C(=O)[C@H](C(C)(C)C)NC(=O)CSC[C@H](C(N)=O)NC(=O)[C@@H](CNC(=O)C[C@@H]3N=C(c4ccc(Cl)cc4)c4c(sc(C)c4C)-n4c(C)nnc43)NC(=O)CNC2=O)cc1. The molecule has 7 atom stereocenters. The lowest BCUT2D eigenvalue weighted by Gasteiger charge is -2.35. The maximum absolute atomic E-state index is 14.4. The Morgan fingerprint density at radius 3 is 2.26 bits per heavy atom. The molecule has 0 unspecified atom stereocenters. The number of thioether (sulfide) groups is 1. The molecule has 8 rings (SSSR count). The average molecular weight is 1140 g/mol. The highest BCUT2D eigenvalue weighted by molar-refractivity contribution is 8.00. The van der Waals surface area contributed by atoms with Crippen LogP contribution in [0.5, 0.6) is 0 Å². The average Bonchev–Trinajstić information content (AvgIpc) is 4.24. The fourth-order valence-electron chi connectivity index (χ4n) is 9.32. The van der Waals surface area contributed by atoms with Crippen molar-refractivity contribution >= 4 is 99.0 Å². The van der Waals surface area contributed by atoms with Crippen molar-refractivity contribution in [2.24, 2.45) is 16.1 Å². The van der Waals surface area contributed by atoms with E-state index in [0.29, 0.717) is 27.9 Å². The molecule has 3 aromatic heterocycles. The van der Waals surface area contributed by atoms with Crippen molar-refractivity contribution in [3.05, 3.63) is 104 Å². The third-order valence-corrected chi connectivity index (χ3v) is 17.0. The van der Waals surface area contributed by atoms with Gasteiger partial charge in [-0.05, 0) is 61.9 Å². The first kappa shape index (κ1) is 57.1. The smallest absolute Gasteiger partial charge is 0.247 e. The zero-order valence-corrected chi connectivity index (χ0v) is 47.0. The third kappa shape index (κ3) is 12.8. The number of aliphatic hydroxyl groups excluding tert-OH is 1. The van der Waals surface area contributed by atoms with Gasteiger partial charge in [0.05, 0.1) is 46.6 Å². The number of thiazole rings is 1. The van der Waals surface area contributed by atoms with Crippen molar-refractivity contribution in [3.8, 4) is 15.4 Å². The summed E-state index contributed by atoms with van der Waals surface area (Å²) in [6, 6.07) is 6.10. The molecule has 9 N–H and O–H groups in total. The monoisotopic (exact) mass is 1140 g/mol. The number of hydrogen-bond donors (Lipinski definition) is 8. The third-order valence-electron chi connectivity index (χ3n) is 13.6. The van der Waals surface area contributed by atoms with E-state index in [2.05, 4.69) is 47.1 Å². The number of aliphatic imine (C=N–C) groups is 1. The molecule has 0 spiro atoms. The molecule has 0 saturated carbocycles. The number of rotatable bonds is 8. The number of hydrogen-bond acceptors (Lipinski definition) is 16. The molecule has 5 aromatic rings. The van der Waals surface area contributed by atoms with Crippen LogP contribution in [0.1, 0.15) is 90.2 Å². The molecule has 0 aliphatic carbocycles. The number of aliphatic hydroxyl groups is 1. The largest absolute Gasteiger partial charge is 0.391 e. The van der Waals surface area contributed by atoms with E-state index in [0.717, 1.165) is 54.5 Å². The summed E-state index contributed by atoms with van der Waals surface area (Å²) in [6.07, 6.45) is -1.59. The van der Waals surface area contributed by atoms with Crippen LogP contribution in [-0.4, -0.2) is 144 Å². The van der Waals surface area contributed by atoms with E-state index in [4.69, 9.17) is 22.3 Å². The Kier molecular flexibility index (Phi) is 17.5. The number of halogens is 1. The van der Waals surface area contributed by atoms with Crippen LogP contribution in [0.3, 0.4) is 0 Å². The molecule has 412 valence electrons. The lowest BCUT2D eigenvalue weighted by molar-refractivity contribution is -0.144. The number of primary amides is 1. The number of benzene rings is 2. The summed E-state index contributed by atoms with van der Waals surface area (Å²) in [5.41, 5.74) is 11.6. The topological polar surface area (TPSA) is 314 Å². The maximum Gasteiger partial charge on any atom is 0.247 e. The highest BCUT2D eigenvalue weighted by Crippen LogP contribution is 2.40. The standard InChI is InChI=1S/C52H60ClN13O9S3/c1-24-26(3)78-51-40(24)41(28-12-14-31(53)15-13-28)59-33(46-64-63-27(4)66(46)51)17-37(68)55-18-34-47(72)60-35(45(54)71)21-76-22-39(70)61-44(52(5,6)7)50(75)65-20-32(67)16-36(65)48(73)62-42(49(74)56-19-38(69)58-34)29-8-10-30(11-9-29)43-25(2)57-23-77-43/h8-15,23,32-36,42,44,67H,16-22H2,1-7H3,(H2,54,71)(H,55,68)(H,56,74)(H,58,69)(H,60,72)(H,61,70)(H,62,73)/t32-,33+,34-,35-,36+,42+,44-/m1/s1. The molecule has 3 aliphatic heterocycles. The second-order valence-electron chi connectivity index (χ2n) is 20.3. The fraction of sp³-hybridized carbons (Fsp3) is 0.423. The number of carbonyl (C=O) groups is 8. The molecule has 22 nitrogen and oxygen atoms in total. The van der Waals surface area contributed by atoms with E-state index in [-0.39, 0.29) is 30.9 Å². The second-order valence-corrected chi connectivity index (χ2v) is 23.8. The number of aryl methyl sites for hydroxylation is 3. The fourth-order valence-corrected chi connectivity index (χ4v) is 12.3. The van der Waals surface area contributed by atoms with E-state index in [1.165, 1.54) is 27.6 Å². The Bertz CT molecular complexity index is 3190. The van der Waals surface area contributed by atoms with Crippen LogP contribution in [-0.2, 0) is 38.4 Å². The van der Waals surface area contributed by atoms with Crippen LogP contribution in [0.25, 0.3) is 15.4 Å². The quantitative estimate of drug-likeness (QED) is 0.111. The minimum absolute atomic E-state index is 0.180. The molecule has 6 heterocycles. The van der Waals surface area contributed by atoms with Crippen molar-refractivity contribution in [1.82, 2.24) is 56.5 Å². The first-order valence-electron chi connectivity index (χ1n) is 24.9. The van der Waals surface area contributed by atoms with Crippen LogP contribution in [0.2, 0.25) is 5.02 Å². The van der Waals surface area contributed by atoms with Crippen LogP contribution < -0.4 is 37.6 Å². The van der Waals surface area contributed by atoms with Crippen molar-refractivity contribution in [2.75, 3.05) is 31.1 Å². The van der Waals surface area contributed by atoms with Gasteiger partial charge in [0.15, 0.2) is 5.82 Å². The van der Waals surface area contributed by atoms with Gasteiger partial charge in [0.2, 0.25) is 47.3 Å². The predicted octanol–water partition coefficient (Wildman–Crippen LogP) is 2.41.